The van der Waals surface area contributed by atoms with Crippen LogP contribution in [-0.2, 0) is 17.0 Å². The van der Waals surface area contributed by atoms with Crippen LogP contribution in [0, 0.1) is 0 Å². The summed E-state index contributed by atoms with van der Waals surface area (Å²) in [5, 5.41) is 7.19. The Morgan fingerprint density at radius 1 is 1.60 bits per heavy atom. The normalized spacial score (nSPS) is 18.7. The molecule has 1 fully saturated rings. The quantitative estimate of drug-likeness (QED) is 0.876. The van der Waals surface area contributed by atoms with Gasteiger partial charge in [0.05, 0.1) is 5.75 Å². The molecule has 1 saturated heterocycles. The van der Waals surface area contributed by atoms with Gasteiger partial charge in [-0.05, 0) is 13.2 Å². The summed E-state index contributed by atoms with van der Waals surface area (Å²) in [6.07, 6.45) is 2.96. The molecule has 6 nitrogen and oxygen atoms in total. The average Bonchev–Trinajstić information content (AvgIpc) is 2.84. The minimum absolute atomic E-state index is 0. The van der Waals surface area contributed by atoms with Gasteiger partial charge in [0.15, 0.2) is 5.82 Å². The van der Waals surface area contributed by atoms with Gasteiger partial charge in [0.1, 0.15) is 0 Å². The van der Waals surface area contributed by atoms with Crippen molar-refractivity contribution < 1.29 is 9.32 Å². The van der Waals surface area contributed by atoms with Gasteiger partial charge in [0.2, 0.25) is 11.8 Å². The highest BCUT2D eigenvalue weighted by molar-refractivity contribution is 7.97. The number of nitrogens with zero attached hydrogens (tertiary/aromatic N) is 3. The molecule has 1 atom stereocenters. The second-order valence-electron chi connectivity index (χ2n) is 4.73. The molecule has 1 N–H and O–H groups in total. The van der Waals surface area contributed by atoms with E-state index in [4.69, 9.17) is 4.52 Å². The van der Waals surface area contributed by atoms with E-state index >= 15 is 0 Å². The van der Waals surface area contributed by atoms with Gasteiger partial charge in [-0.2, -0.15) is 16.7 Å². The summed E-state index contributed by atoms with van der Waals surface area (Å²) in [4.78, 5) is 18.2. The van der Waals surface area contributed by atoms with E-state index < -0.39 is 0 Å². The van der Waals surface area contributed by atoms with E-state index in [1.807, 2.05) is 11.2 Å². The van der Waals surface area contributed by atoms with Crippen molar-refractivity contribution >= 4 is 30.1 Å². The van der Waals surface area contributed by atoms with Crippen molar-refractivity contribution in [1.82, 2.24) is 20.4 Å². The van der Waals surface area contributed by atoms with Gasteiger partial charge in [-0.1, -0.05) is 5.16 Å². The van der Waals surface area contributed by atoms with E-state index in [1.54, 1.807) is 11.8 Å². The Labute approximate surface area is 129 Å². The molecule has 1 aromatic heterocycles. The maximum Gasteiger partial charge on any atom is 0.227 e. The lowest BCUT2D eigenvalue weighted by atomic mass is 10.2. The first-order valence-electron chi connectivity index (χ1n) is 6.50. The van der Waals surface area contributed by atoms with E-state index in [0.717, 1.165) is 25.4 Å². The van der Waals surface area contributed by atoms with Crippen molar-refractivity contribution in [3.63, 3.8) is 0 Å². The highest BCUT2D eigenvalue weighted by atomic mass is 35.5. The summed E-state index contributed by atoms with van der Waals surface area (Å²) < 4.78 is 5.12. The van der Waals surface area contributed by atoms with E-state index in [1.165, 1.54) is 0 Å². The number of aromatic nitrogens is 2. The van der Waals surface area contributed by atoms with Crippen LogP contribution in [0.2, 0.25) is 0 Å². The van der Waals surface area contributed by atoms with Crippen LogP contribution in [-0.4, -0.2) is 52.9 Å². The van der Waals surface area contributed by atoms with Crippen molar-refractivity contribution in [2.75, 3.05) is 25.9 Å². The molecule has 1 aliphatic heterocycles. The molecule has 1 aromatic rings. The minimum Gasteiger partial charge on any atom is -0.340 e. The van der Waals surface area contributed by atoms with Gasteiger partial charge < -0.3 is 14.7 Å². The first-order valence-corrected chi connectivity index (χ1v) is 7.90. The highest BCUT2D eigenvalue weighted by Gasteiger charge is 2.20. The number of hydrogen-bond donors (Lipinski definition) is 1. The predicted molar refractivity (Wildman–Crippen MR) is 81.1 cm³/mol. The van der Waals surface area contributed by atoms with Crippen LogP contribution in [0.1, 0.15) is 25.1 Å². The number of amides is 1. The number of piperazine rings is 1. The molecule has 20 heavy (non-hydrogen) atoms. The number of nitrogens with one attached hydrogen (secondary N) is 1. The summed E-state index contributed by atoms with van der Waals surface area (Å²) in [7, 11) is 0. The number of hydrogen-bond acceptors (Lipinski definition) is 6. The van der Waals surface area contributed by atoms with Gasteiger partial charge in [-0.15, -0.1) is 12.4 Å². The first-order chi connectivity index (χ1) is 9.19. The molecule has 0 spiro atoms. The Kier molecular flexibility index (Phi) is 7.32. The smallest absolute Gasteiger partial charge is 0.227 e. The number of carbonyl (C=O) groups is 1. The zero-order chi connectivity index (χ0) is 13.7. The summed E-state index contributed by atoms with van der Waals surface area (Å²) in [6.45, 7) is 4.52. The number of aryl methyl sites for hydroxylation is 1. The van der Waals surface area contributed by atoms with Crippen LogP contribution in [0.5, 0.6) is 0 Å². The minimum atomic E-state index is 0. The van der Waals surface area contributed by atoms with Crippen molar-refractivity contribution in [1.29, 1.82) is 0 Å². The van der Waals surface area contributed by atoms with E-state index in [2.05, 4.69) is 22.4 Å². The molecule has 1 amide bonds. The number of carbonyl (C=O) groups excluding carboxylic acids is 1. The van der Waals surface area contributed by atoms with Gasteiger partial charge in [-0.3, -0.25) is 4.79 Å². The SMILES string of the molecule is CSCc1noc(CCC(=O)N2CCN[C@H](C)C2)n1.Cl. The van der Waals surface area contributed by atoms with Gasteiger partial charge in [-0.25, -0.2) is 0 Å². The molecular weight excluding hydrogens is 300 g/mol. The predicted octanol–water partition coefficient (Wildman–Crippen LogP) is 1.11. The Bertz CT molecular complexity index is 429. The van der Waals surface area contributed by atoms with E-state index in [9.17, 15) is 4.79 Å². The summed E-state index contributed by atoms with van der Waals surface area (Å²) >= 11 is 1.65. The Balaban J connectivity index is 0.00000200. The van der Waals surface area contributed by atoms with Crippen molar-refractivity contribution in [2.24, 2.45) is 0 Å². The third kappa shape index (κ3) is 4.96. The maximum atomic E-state index is 12.1. The van der Waals surface area contributed by atoms with Crippen LogP contribution >= 0.6 is 24.2 Å². The third-order valence-corrected chi connectivity index (χ3v) is 3.60. The largest absolute Gasteiger partial charge is 0.340 e. The molecular formula is C12H21ClN4O2S. The fourth-order valence-corrected chi connectivity index (χ4v) is 2.49. The summed E-state index contributed by atoms with van der Waals surface area (Å²) in [6, 6.07) is 0.370. The molecule has 0 bridgehead atoms. The Morgan fingerprint density at radius 2 is 2.40 bits per heavy atom. The van der Waals surface area contributed by atoms with Crippen LogP contribution in [0.15, 0.2) is 4.52 Å². The van der Waals surface area contributed by atoms with Crippen LogP contribution in [0.3, 0.4) is 0 Å². The second kappa shape index (κ2) is 8.49. The number of thioether (sulfide) groups is 1. The molecule has 2 heterocycles. The van der Waals surface area contributed by atoms with E-state index in [0.29, 0.717) is 30.6 Å². The fourth-order valence-electron chi connectivity index (χ4n) is 2.11. The fraction of sp³-hybridized carbons (Fsp3) is 0.750. The molecule has 8 heteroatoms. The van der Waals surface area contributed by atoms with Crippen LogP contribution < -0.4 is 5.32 Å². The lowest BCUT2D eigenvalue weighted by Gasteiger charge is -2.31. The van der Waals surface area contributed by atoms with Crippen molar-refractivity contribution in [2.45, 2.75) is 31.6 Å². The van der Waals surface area contributed by atoms with E-state index in [-0.39, 0.29) is 18.3 Å². The van der Waals surface area contributed by atoms with Crippen molar-refractivity contribution in [3.05, 3.63) is 11.7 Å². The molecule has 0 radical (unpaired) electrons. The molecule has 0 aliphatic carbocycles. The number of halogens is 1. The second-order valence-corrected chi connectivity index (χ2v) is 5.60. The molecule has 0 aromatic carbocycles. The third-order valence-electron chi connectivity index (χ3n) is 3.06. The lowest BCUT2D eigenvalue weighted by Crippen LogP contribution is -2.51. The standard InChI is InChI=1S/C12H20N4O2S.ClH/c1-9-7-16(6-5-13-9)12(17)4-3-11-14-10(8-19-2)15-18-11;/h9,13H,3-8H2,1-2H3;1H/t9-;/m1./s1. The van der Waals surface area contributed by atoms with Gasteiger partial charge >= 0.3 is 0 Å². The summed E-state index contributed by atoms with van der Waals surface area (Å²) in [5.74, 6) is 2.16. The zero-order valence-electron chi connectivity index (χ0n) is 11.8. The monoisotopic (exact) mass is 320 g/mol. The first kappa shape index (κ1) is 17.3. The van der Waals surface area contributed by atoms with Crippen molar-refractivity contribution in [3.8, 4) is 0 Å². The van der Waals surface area contributed by atoms with Crippen LogP contribution in [0.4, 0.5) is 0 Å². The summed E-state index contributed by atoms with van der Waals surface area (Å²) in [5.41, 5.74) is 0. The molecule has 2 rings (SSSR count). The molecule has 1 aliphatic rings. The number of rotatable bonds is 5. The maximum absolute atomic E-state index is 12.1. The topological polar surface area (TPSA) is 71.3 Å². The Hall–Kier alpha value is -0.790. The highest BCUT2D eigenvalue weighted by Crippen LogP contribution is 2.08. The molecule has 114 valence electrons. The van der Waals surface area contributed by atoms with Gasteiger partial charge in [0, 0.05) is 38.5 Å². The molecule has 0 saturated carbocycles. The molecule has 0 unspecified atom stereocenters. The average molecular weight is 321 g/mol. The Morgan fingerprint density at radius 3 is 3.10 bits per heavy atom. The lowest BCUT2D eigenvalue weighted by molar-refractivity contribution is -0.132. The van der Waals surface area contributed by atoms with Gasteiger partial charge in [0.25, 0.3) is 0 Å². The zero-order valence-corrected chi connectivity index (χ0v) is 13.4. The van der Waals surface area contributed by atoms with Crippen LogP contribution in [0.25, 0.3) is 0 Å².